The lowest BCUT2D eigenvalue weighted by Gasteiger charge is -2.27. The summed E-state index contributed by atoms with van der Waals surface area (Å²) in [6, 6.07) is 8.85. The summed E-state index contributed by atoms with van der Waals surface area (Å²) < 4.78 is 0. The number of unbranched alkanes of at least 4 members (excludes halogenated alkanes) is 1. The molecule has 1 aliphatic rings. The molecule has 2 aromatic rings. The number of carbonyl (C=O) groups is 1. The molecule has 3 unspecified atom stereocenters. The first kappa shape index (κ1) is 30.0. The smallest absolute Gasteiger partial charge is 0.255 e. The molecular weight excluding hydrogens is 499 g/mol. The molecular formula is C32H46Cl2N2O. The summed E-state index contributed by atoms with van der Waals surface area (Å²) in [7, 11) is 0. The highest BCUT2D eigenvalue weighted by Gasteiger charge is 2.23. The highest BCUT2D eigenvalue weighted by molar-refractivity contribution is 6.31. The van der Waals surface area contributed by atoms with E-state index < -0.39 is 0 Å². The second-order valence-electron chi connectivity index (χ2n) is 11.9. The summed E-state index contributed by atoms with van der Waals surface area (Å²) in [6.07, 6.45) is 15.8. The lowest BCUT2D eigenvalue weighted by Crippen LogP contribution is -2.17. The van der Waals surface area contributed by atoms with Crippen LogP contribution >= 0.6 is 23.2 Å². The minimum atomic E-state index is -0.186. The van der Waals surface area contributed by atoms with Gasteiger partial charge in [0.15, 0.2) is 0 Å². The van der Waals surface area contributed by atoms with Crippen molar-refractivity contribution in [1.29, 1.82) is 0 Å². The minimum absolute atomic E-state index is 0.186. The minimum Gasteiger partial charge on any atom is -0.320 e. The van der Waals surface area contributed by atoms with Crippen LogP contribution in [0, 0.1) is 23.7 Å². The molecule has 0 radical (unpaired) electrons. The first-order valence-electron chi connectivity index (χ1n) is 14.4. The van der Waals surface area contributed by atoms with Crippen LogP contribution in [0.2, 0.25) is 10.0 Å². The SMILES string of the molecule is CC(C)CC(CCCCC1CCCCC(c2ncc(Cl)cc2NC(=O)c2cccc(Cl)c2)CC1)C(C)C. The van der Waals surface area contributed by atoms with Crippen molar-refractivity contribution in [3.63, 3.8) is 0 Å². The van der Waals surface area contributed by atoms with Crippen molar-refractivity contribution in [2.45, 2.75) is 104 Å². The first-order chi connectivity index (χ1) is 17.7. The van der Waals surface area contributed by atoms with Gasteiger partial charge in [-0.1, -0.05) is 102 Å². The highest BCUT2D eigenvalue weighted by atomic mass is 35.5. The van der Waals surface area contributed by atoms with Crippen molar-refractivity contribution in [1.82, 2.24) is 4.98 Å². The van der Waals surface area contributed by atoms with Crippen LogP contribution in [-0.2, 0) is 0 Å². The molecule has 5 heteroatoms. The van der Waals surface area contributed by atoms with Crippen LogP contribution in [0.5, 0.6) is 0 Å². The van der Waals surface area contributed by atoms with Crippen molar-refractivity contribution in [3.05, 3.63) is 57.8 Å². The fourth-order valence-electron chi connectivity index (χ4n) is 5.98. The number of amides is 1. The molecule has 3 rings (SSSR count). The average molecular weight is 546 g/mol. The van der Waals surface area contributed by atoms with Gasteiger partial charge in [0, 0.05) is 22.7 Å². The first-order valence-corrected chi connectivity index (χ1v) is 15.2. The molecule has 204 valence electrons. The van der Waals surface area contributed by atoms with Gasteiger partial charge in [-0.05, 0) is 73.6 Å². The Morgan fingerprint density at radius 3 is 2.51 bits per heavy atom. The van der Waals surface area contributed by atoms with Gasteiger partial charge in [-0.25, -0.2) is 0 Å². The van der Waals surface area contributed by atoms with Gasteiger partial charge in [0.05, 0.1) is 16.4 Å². The third-order valence-corrected chi connectivity index (χ3v) is 8.54. The lowest BCUT2D eigenvalue weighted by atomic mass is 9.80. The number of nitrogens with one attached hydrogen (secondary N) is 1. The Bertz CT molecular complexity index is 991. The highest BCUT2D eigenvalue weighted by Crippen LogP contribution is 2.38. The summed E-state index contributed by atoms with van der Waals surface area (Å²) in [5, 5.41) is 4.15. The summed E-state index contributed by atoms with van der Waals surface area (Å²) in [5.74, 6) is 3.38. The van der Waals surface area contributed by atoms with Gasteiger partial charge in [0.25, 0.3) is 5.91 Å². The zero-order chi connectivity index (χ0) is 26.8. The molecule has 37 heavy (non-hydrogen) atoms. The number of benzene rings is 1. The van der Waals surface area contributed by atoms with Gasteiger partial charge < -0.3 is 5.32 Å². The lowest BCUT2D eigenvalue weighted by molar-refractivity contribution is 0.102. The standard InChI is InChI=1S/C32H46Cl2N2O/c1-22(2)18-26(23(3)4)13-8-6-11-24-10-5-7-12-25(17-16-24)31-30(20-29(34)21-35-31)36-32(37)27-14-9-15-28(33)19-27/h9,14-15,19-26H,5-8,10-13,16-18H2,1-4H3,(H,36,37). The van der Waals surface area contributed by atoms with E-state index in [0.29, 0.717) is 21.5 Å². The Labute approximate surface area is 235 Å². The van der Waals surface area contributed by atoms with E-state index >= 15 is 0 Å². The molecule has 1 heterocycles. The predicted molar refractivity (Wildman–Crippen MR) is 159 cm³/mol. The van der Waals surface area contributed by atoms with Crippen molar-refractivity contribution in [2.75, 3.05) is 5.32 Å². The number of aromatic nitrogens is 1. The largest absolute Gasteiger partial charge is 0.320 e. The second-order valence-corrected chi connectivity index (χ2v) is 12.8. The van der Waals surface area contributed by atoms with Crippen molar-refractivity contribution in [2.24, 2.45) is 23.7 Å². The number of hydrogen-bond donors (Lipinski definition) is 1. The van der Waals surface area contributed by atoms with E-state index in [1.54, 1.807) is 30.5 Å². The maximum atomic E-state index is 12.9. The van der Waals surface area contributed by atoms with Crippen molar-refractivity contribution in [3.8, 4) is 0 Å². The van der Waals surface area contributed by atoms with E-state index in [0.717, 1.165) is 47.9 Å². The van der Waals surface area contributed by atoms with E-state index in [-0.39, 0.29) is 5.91 Å². The zero-order valence-electron chi connectivity index (χ0n) is 23.2. The van der Waals surface area contributed by atoms with Crippen LogP contribution in [-0.4, -0.2) is 10.9 Å². The number of anilines is 1. The molecule has 1 saturated carbocycles. The quantitative estimate of drug-likeness (QED) is 0.285. The Morgan fingerprint density at radius 1 is 1.00 bits per heavy atom. The Morgan fingerprint density at radius 2 is 1.78 bits per heavy atom. The fourth-order valence-corrected chi connectivity index (χ4v) is 6.33. The molecule has 1 aromatic heterocycles. The summed E-state index contributed by atoms with van der Waals surface area (Å²) in [6.45, 7) is 9.48. The Balaban J connectivity index is 1.59. The number of pyridine rings is 1. The molecule has 1 fully saturated rings. The van der Waals surface area contributed by atoms with Crippen molar-refractivity contribution < 1.29 is 4.79 Å². The van der Waals surface area contributed by atoms with E-state index in [9.17, 15) is 4.79 Å². The number of rotatable bonds is 11. The summed E-state index contributed by atoms with van der Waals surface area (Å²) in [4.78, 5) is 17.7. The van der Waals surface area contributed by atoms with Gasteiger partial charge in [-0.2, -0.15) is 0 Å². The molecule has 1 amide bonds. The van der Waals surface area contributed by atoms with E-state index in [2.05, 4.69) is 33.0 Å². The number of carbonyl (C=O) groups excluding carboxylic acids is 1. The van der Waals surface area contributed by atoms with Crippen LogP contribution in [0.15, 0.2) is 36.5 Å². The van der Waals surface area contributed by atoms with E-state index in [1.165, 1.54) is 57.8 Å². The monoisotopic (exact) mass is 544 g/mol. The van der Waals surface area contributed by atoms with Gasteiger partial charge >= 0.3 is 0 Å². The molecule has 0 spiro atoms. The van der Waals surface area contributed by atoms with Crippen LogP contribution in [0.3, 0.4) is 0 Å². The molecule has 0 saturated heterocycles. The third-order valence-electron chi connectivity index (χ3n) is 8.10. The zero-order valence-corrected chi connectivity index (χ0v) is 24.8. The Kier molecular flexibility index (Phi) is 12.2. The number of halogens is 2. The molecule has 1 aromatic carbocycles. The van der Waals surface area contributed by atoms with Crippen LogP contribution in [0.1, 0.15) is 120 Å². The summed E-state index contributed by atoms with van der Waals surface area (Å²) >= 11 is 12.4. The van der Waals surface area contributed by atoms with Crippen molar-refractivity contribution >= 4 is 34.8 Å². The Hall–Kier alpha value is -1.58. The van der Waals surface area contributed by atoms with Gasteiger partial charge in [0.1, 0.15) is 0 Å². The molecule has 3 nitrogen and oxygen atoms in total. The summed E-state index contributed by atoms with van der Waals surface area (Å²) in [5.41, 5.74) is 2.22. The normalized spacial score (nSPS) is 19.5. The molecule has 0 bridgehead atoms. The maximum absolute atomic E-state index is 12.9. The van der Waals surface area contributed by atoms with Crippen LogP contribution in [0.4, 0.5) is 5.69 Å². The second kappa shape index (κ2) is 15.1. The average Bonchev–Trinajstić information content (AvgIpc) is 2.82. The fraction of sp³-hybridized carbons (Fsp3) is 0.625. The third kappa shape index (κ3) is 9.91. The number of nitrogens with zero attached hydrogens (tertiary/aromatic N) is 1. The topological polar surface area (TPSA) is 42.0 Å². The van der Waals surface area contributed by atoms with Gasteiger partial charge in [-0.15, -0.1) is 0 Å². The van der Waals surface area contributed by atoms with Crippen LogP contribution in [0.25, 0.3) is 0 Å². The van der Waals surface area contributed by atoms with Crippen LogP contribution < -0.4 is 5.32 Å². The van der Waals surface area contributed by atoms with E-state index in [1.807, 2.05) is 6.07 Å². The molecule has 3 atom stereocenters. The van der Waals surface area contributed by atoms with Gasteiger partial charge in [-0.3, -0.25) is 9.78 Å². The predicted octanol–water partition coefficient (Wildman–Crippen LogP) is 10.6. The molecule has 1 N–H and O–H groups in total. The van der Waals surface area contributed by atoms with Gasteiger partial charge in [0.2, 0.25) is 0 Å². The number of hydrogen-bond acceptors (Lipinski definition) is 2. The van der Waals surface area contributed by atoms with E-state index in [4.69, 9.17) is 28.2 Å². The maximum Gasteiger partial charge on any atom is 0.255 e. The molecule has 1 aliphatic carbocycles. The molecule has 0 aliphatic heterocycles.